The summed E-state index contributed by atoms with van der Waals surface area (Å²) in [5.41, 5.74) is 0.690. The molecular weight excluding hydrogens is 194 g/mol. The van der Waals surface area contributed by atoms with Crippen molar-refractivity contribution in [3.05, 3.63) is 30.3 Å². The molecule has 0 aromatic heterocycles. The van der Waals surface area contributed by atoms with Gasteiger partial charge < -0.3 is 10.1 Å². The number of para-hydroxylation sites is 1. The molecule has 0 aliphatic heterocycles. The normalized spacial score (nSPS) is 9.40. The topological polar surface area (TPSA) is 55.4 Å². The molecule has 4 heteroatoms. The molecule has 0 aliphatic rings. The molecule has 1 aromatic carbocycles. The van der Waals surface area contributed by atoms with E-state index >= 15 is 0 Å². The van der Waals surface area contributed by atoms with E-state index in [9.17, 15) is 9.59 Å². The van der Waals surface area contributed by atoms with Gasteiger partial charge in [0.25, 0.3) is 5.91 Å². The summed E-state index contributed by atoms with van der Waals surface area (Å²) in [7, 11) is 0. The van der Waals surface area contributed by atoms with E-state index in [1.54, 1.807) is 19.1 Å². The maximum absolute atomic E-state index is 11.2. The molecule has 1 N–H and O–H groups in total. The van der Waals surface area contributed by atoms with Crippen LogP contribution in [0, 0.1) is 0 Å². The van der Waals surface area contributed by atoms with Gasteiger partial charge in [0.1, 0.15) is 0 Å². The van der Waals surface area contributed by atoms with Gasteiger partial charge in [-0.1, -0.05) is 25.1 Å². The largest absolute Gasteiger partial charge is 0.456 e. The smallest absolute Gasteiger partial charge is 0.306 e. The molecule has 0 unspecified atom stereocenters. The van der Waals surface area contributed by atoms with E-state index in [1.165, 1.54) is 0 Å². The van der Waals surface area contributed by atoms with Crippen molar-refractivity contribution in [1.29, 1.82) is 0 Å². The third-order valence-electron chi connectivity index (χ3n) is 1.71. The van der Waals surface area contributed by atoms with E-state index in [1.807, 2.05) is 18.2 Å². The second-order valence-electron chi connectivity index (χ2n) is 2.93. The number of amides is 1. The Morgan fingerprint density at radius 3 is 2.53 bits per heavy atom. The van der Waals surface area contributed by atoms with Crippen LogP contribution in [0.1, 0.15) is 13.3 Å². The molecule has 0 saturated heterocycles. The Labute approximate surface area is 88.2 Å². The highest BCUT2D eigenvalue weighted by Gasteiger charge is 2.05. The van der Waals surface area contributed by atoms with Gasteiger partial charge in [0.15, 0.2) is 6.61 Å². The summed E-state index contributed by atoms with van der Waals surface area (Å²) in [6, 6.07) is 9.01. The molecule has 1 amide bonds. The Morgan fingerprint density at radius 1 is 1.27 bits per heavy atom. The number of rotatable bonds is 4. The average Bonchev–Trinajstić information content (AvgIpc) is 2.27. The summed E-state index contributed by atoms with van der Waals surface area (Å²) < 4.78 is 4.67. The van der Waals surface area contributed by atoms with Gasteiger partial charge >= 0.3 is 5.97 Å². The van der Waals surface area contributed by atoms with Gasteiger partial charge in [-0.05, 0) is 12.1 Å². The minimum Gasteiger partial charge on any atom is -0.456 e. The van der Waals surface area contributed by atoms with Crippen molar-refractivity contribution in [2.24, 2.45) is 0 Å². The number of benzene rings is 1. The third-order valence-corrected chi connectivity index (χ3v) is 1.71. The van der Waals surface area contributed by atoms with Crippen molar-refractivity contribution in [2.45, 2.75) is 13.3 Å². The van der Waals surface area contributed by atoms with Gasteiger partial charge in [-0.25, -0.2) is 0 Å². The first kappa shape index (κ1) is 11.2. The van der Waals surface area contributed by atoms with Crippen molar-refractivity contribution in [2.75, 3.05) is 11.9 Å². The van der Waals surface area contributed by atoms with Gasteiger partial charge in [-0.2, -0.15) is 0 Å². The van der Waals surface area contributed by atoms with Crippen LogP contribution >= 0.6 is 0 Å². The standard InChI is InChI=1S/C11H13NO3/c1-2-11(14)15-8-10(13)12-9-6-4-3-5-7-9/h3-7H,2,8H2,1H3,(H,12,13). The predicted molar refractivity (Wildman–Crippen MR) is 56.3 cm³/mol. The molecule has 15 heavy (non-hydrogen) atoms. The van der Waals surface area contributed by atoms with Gasteiger partial charge in [0.2, 0.25) is 0 Å². The maximum atomic E-state index is 11.2. The second-order valence-corrected chi connectivity index (χ2v) is 2.93. The Kier molecular flexibility index (Phi) is 4.34. The lowest BCUT2D eigenvalue weighted by Gasteiger charge is -2.05. The van der Waals surface area contributed by atoms with Crippen LogP contribution in [0.5, 0.6) is 0 Å². The number of carbonyl (C=O) groups excluding carboxylic acids is 2. The Hall–Kier alpha value is -1.84. The zero-order valence-corrected chi connectivity index (χ0v) is 8.53. The molecule has 0 heterocycles. The summed E-state index contributed by atoms with van der Waals surface area (Å²) in [6.07, 6.45) is 0.276. The van der Waals surface area contributed by atoms with Crippen LogP contribution in [-0.2, 0) is 14.3 Å². The first-order valence-electron chi connectivity index (χ1n) is 4.73. The van der Waals surface area contributed by atoms with Gasteiger partial charge in [-0.15, -0.1) is 0 Å². The van der Waals surface area contributed by atoms with Gasteiger partial charge in [-0.3, -0.25) is 9.59 Å². The van der Waals surface area contributed by atoms with Crippen molar-refractivity contribution in [3.63, 3.8) is 0 Å². The molecule has 0 spiro atoms. The van der Waals surface area contributed by atoms with E-state index in [4.69, 9.17) is 0 Å². The average molecular weight is 207 g/mol. The number of hydrogen-bond donors (Lipinski definition) is 1. The zero-order valence-electron chi connectivity index (χ0n) is 8.53. The molecule has 1 aromatic rings. The zero-order chi connectivity index (χ0) is 11.1. The lowest BCUT2D eigenvalue weighted by atomic mass is 10.3. The fourth-order valence-corrected chi connectivity index (χ4v) is 0.967. The predicted octanol–water partition coefficient (Wildman–Crippen LogP) is 1.58. The SMILES string of the molecule is CCC(=O)OCC(=O)Nc1ccccc1. The molecule has 0 saturated carbocycles. The Balaban J connectivity index is 2.34. The van der Waals surface area contributed by atoms with Crippen LogP contribution in [-0.4, -0.2) is 18.5 Å². The van der Waals surface area contributed by atoms with Crippen molar-refractivity contribution >= 4 is 17.6 Å². The van der Waals surface area contributed by atoms with Crippen LogP contribution in [0.2, 0.25) is 0 Å². The molecule has 0 fully saturated rings. The summed E-state index contributed by atoms with van der Waals surface area (Å²) >= 11 is 0. The highest BCUT2D eigenvalue weighted by Crippen LogP contribution is 2.04. The summed E-state index contributed by atoms with van der Waals surface area (Å²) in [6.45, 7) is 1.44. The van der Waals surface area contributed by atoms with E-state index in [0.29, 0.717) is 5.69 Å². The van der Waals surface area contributed by atoms with Gasteiger partial charge in [0, 0.05) is 12.1 Å². The molecule has 0 aliphatic carbocycles. The molecular formula is C11H13NO3. The van der Waals surface area contributed by atoms with E-state index in [0.717, 1.165) is 0 Å². The lowest BCUT2D eigenvalue weighted by Crippen LogP contribution is -2.20. The van der Waals surface area contributed by atoms with Gasteiger partial charge in [0.05, 0.1) is 0 Å². The molecule has 4 nitrogen and oxygen atoms in total. The number of carbonyl (C=O) groups is 2. The highest BCUT2D eigenvalue weighted by molar-refractivity contribution is 5.92. The first-order chi connectivity index (χ1) is 7.22. The maximum Gasteiger partial charge on any atom is 0.306 e. The molecule has 0 bridgehead atoms. The van der Waals surface area contributed by atoms with Crippen LogP contribution in [0.15, 0.2) is 30.3 Å². The quantitative estimate of drug-likeness (QED) is 0.762. The van der Waals surface area contributed by atoms with Crippen LogP contribution in [0.25, 0.3) is 0 Å². The second kappa shape index (κ2) is 5.80. The fraction of sp³-hybridized carbons (Fsp3) is 0.273. The fourth-order valence-electron chi connectivity index (χ4n) is 0.967. The molecule has 0 atom stereocenters. The van der Waals surface area contributed by atoms with E-state index in [-0.39, 0.29) is 24.9 Å². The minimum atomic E-state index is -0.377. The van der Waals surface area contributed by atoms with E-state index in [2.05, 4.69) is 10.1 Å². The number of nitrogens with one attached hydrogen (secondary N) is 1. The Morgan fingerprint density at radius 2 is 1.93 bits per heavy atom. The molecule has 0 radical (unpaired) electrons. The lowest BCUT2D eigenvalue weighted by molar-refractivity contribution is -0.146. The minimum absolute atomic E-state index is 0.235. The van der Waals surface area contributed by atoms with Crippen molar-refractivity contribution < 1.29 is 14.3 Å². The first-order valence-corrected chi connectivity index (χ1v) is 4.73. The molecule has 80 valence electrons. The Bertz CT molecular complexity index is 335. The summed E-state index contributed by atoms with van der Waals surface area (Å²) in [5, 5.41) is 2.61. The summed E-state index contributed by atoms with van der Waals surface area (Å²) in [4.78, 5) is 22.0. The van der Waals surface area contributed by atoms with E-state index < -0.39 is 0 Å². The monoisotopic (exact) mass is 207 g/mol. The van der Waals surface area contributed by atoms with Crippen LogP contribution in [0.4, 0.5) is 5.69 Å². The summed E-state index contributed by atoms with van der Waals surface area (Å²) in [5.74, 6) is -0.707. The third kappa shape index (κ3) is 4.26. The number of esters is 1. The number of ether oxygens (including phenoxy) is 1. The van der Waals surface area contributed by atoms with Crippen molar-refractivity contribution in [1.82, 2.24) is 0 Å². The number of anilines is 1. The highest BCUT2D eigenvalue weighted by atomic mass is 16.5. The molecule has 1 rings (SSSR count). The van der Waals surface area contributed by atoms with Crippen LogP contribution < -0.4 is 5.32 Å². The van der Waals surface area contributed by atoms with Crippen LogP contribution in [0.3, 0.4) is 0 Å². The van der Waals surface area contributed by atoms with Crippen molar-refractivity contribution in [3.8, 4) is 0 Å². The number of hydrogen-bond acceptors (Lipinski definition) is 3.